The third kappa shape index (κ3) is 5.76. The van der Waals surface area contributed by atoms with E-state index in [4.69, 9.17) is 21.7 Å². The van der Waals surface area contributed by atoms with Crippen molar-refractivity contribution in [1.29, 1.82) is 0 Å². The SMILES string of the molecule is COc1ccc(CC(=O)NC(=S)Nc2ccc(S(=O)(=O)N3CCOCC3)cc2)cc1. The summed E-state index contributed by atoms with van der Waals surface area (Å²) in [5.41, 5.74) is 1.40. The predicted octanol–water partition coefficient (Wildman–Crippen LogP) is 1.77. The molecule has 1 aliphatic heterocycles. The first kappa shape index (κ1) is 22.2. The van der Waals surface area contributed by atoms with Gasteiger partial charge in [-0.2, -0.15) is 4.31 Å². The molecule has 0 radical (unpaired) electrons. The molecule has 0 saturated carbocycles. The Morgan fingerprint density at radius 1 is 1.10 bits per heavy atom. The number of carbonyl (C=O) groups is 1. The minimum atomic E-state index is -3.55. The third-order valence-corrected chi connectivity index (χ3v) is 6.61. The number of morpholine rings is 1. The molecule has 2 aromatic carbocycles. The van der Waals surface area contributed by atoms with Crippen LogP contribution in [0, 0.1) is 0 Å². The predicted molar refractivity (Wildman–Crippen MR) is 117 cm³/mol. The van der Waals surface area contributed by atoms with Crippen LogP contribution in [-0.2, 0) is 26.0 Å². The van der Waals surface area contributed by atoms with Crippen LogP contribution in [0.25, 0.3) is 0 Å². The number of thiocarbonyl (C=S) groups is 1. The fourth-order valence-corrected chi connectivity index (χ4v) is 4.55. The zero-order valence-corrected chi connectivity index (χ0v) is 18.1. The molecule has 0 bridgehead atoms. The number of sulfonamides is 1. The normalized spacial score (nSPS) is 14.7. The third-order valence-electron chi connectivity index (χ3n) is 4.50. The Labute approximate surface area is 181 Å². The number of benzene rings is 2. The highest BCUT2D eigenvalue weighted by molar-refractivity contribution is 7.89. The highest BCUT2D eigenvalue weighted by Crippen LogP contribution is 2.19. The average Bonchev–Trinajstić information content (AvgIpc) is 2.75. The molecule has 2 aromatic rings. The van der Waals surface area contributed by atoms with Crippen LogP contribution < -0.4 is 15.4 Å². The van der Waals surface area contributed by atoms with E-state index in [-0.39, 0.29) is 22.3 Å². The summed E-state index contributed by atoms with van der Waals surface area (Å²) in [5, 5.41) is 5.63. The molecule has 3 rings (SSSR count). The topological polar surface area (TPSA) is 97.0 Å². The van der Waals surface area contributed by atoms with Crippen LogP contribution in [0.3, 0.4) is 0 Å². The van der Waals surface area contributed by atoms with E-state index < -0.39 is 10.0 Å². The fourth-order valence-electron chi connectivity index (χ4n) is 2.91. The average molecular weight is 450 g/mol. The number of anilines is 1. The number of nitrogens with zero attached hydrogens (tertiary/aromatic N) is 1. The minimum Gasteiger partial charge on any atom is -0.497 e. The lowest BCUT2D eigenvalue weighted by Gasteiger charge is -2.26. The molecule has 30 heavy (non-hydrogen) atoms. The first-order valence-corrected chi connectivity index (χ1v) is 11.1. The first-order valence-electron chi connectivity index (χ1n) is 9.30. The Morgan fingerprint density at radius 3 is 2.33 bits per heavy atom. The Kier molecular flexibility index (Phi) is 7.38. The van der Waals surface area contributed by atoms with Gasteiger partial charge in [-0.15, -0.1) is 0 Å². The monoisotopic (exact) mass is 449 g/mol. The van der Waals surface area contributed by atoms with Gasteiger partial charge in [-0.05, 0) is 54.2 Å². The number of methoxy groups -OCH3 is 1. The maximum atomic E-state index is 12.6. The molecule has 0 atom stereocenters. The summed E-state index contributed by atoms with van der Waals surface area (Å²) in [4.78, 5) is 12.4. The van der Waals surface area contributed by atoms with E-state index in [1.165, 1.54) is 16.4 Å². The number of hydrogen-bond donors (Lipinski definition) is 2. The minimum absolute atomic E-state index is 0.136. The molecule has 2 N–H and O–H groups in total. The summed E-state index contributed by atoms with van der Waals surface area (Å²) in [6, 6.07) is 13.4. The van der Waals surface area contributed by atoms with E-state index in [0.29, 0.717) is 32.0 Å². The molecule has 1 saturated heterocycles. The van der Waals surface area contributed by atoms with Gasteiger partial charge in [-0.3, -0.25) is 4.79 Å². The molecule has 1 heterocycles. The number of nitrogens with one attached hydrogen (secondary N) is 2. The highest BCUT2D eigenvalue weighted by Gasteiger charge is 2.26. The fraction of sp³-hybridized carbons (Fsp3) is 0.300. The lowest BCUT2D eigenvalue weighted by Crippen LogP contribution is -2.40. The second-order valence-electron chi connectivity index (χ2n) is 6.57. The van der Waals surface area contributed by atoms with Crippen LogP contribution >= 0.6 is 12.2 Å². The van der Waals surface area contributed by atoms with Crippen LogP contribution in [0.5, 0.6) is 5.75 Å². The van der Waals surface area contributed by atoms with Crippen molar-refractivity contribution < 1.29 is 22.7 Å². The molecular weight excluding hydrogens is 426 g/mol. The first-order chi connectivity index (χ1) is 14.4. The van der Waals surface area contributed by atoms with Gasteiger partial charge in [0, 0.05) is 18.8 Å². The molecule has 1 fully saturated rings. The van der Waals surface area contributed by atoms with Crippen molar-refractivity contribution in [3.8, 4) is 5.75 Å². The Bertz CT molecular complexity index is 986. The van der Waals surface area contributed by atoms with Crippen molar-refractivity contribution >= 4 is 38.9 Å². The van der Waals surface area contributed by atoms with Crippen LogP contribution in [0.15, 0.2) is 53.4 Å². The molecule has 0 spiro atoms. The van der Waals surface area contributed by atoms with E-state index in [1.807, 2.05) is 12.1 Å². The maximum Gasteiger partial charge on any atom is 0.243 e. The summed E-state index contributed by atoms with van der Waals surface area (Å²) < 4.78 is 37.0. The number of amides is 1. The van der Waals surface area contributed by atoms with Crippen LogP contribution in [0.1, 0.15) is 5.56 Å². The summed E-state index contributed by atoms with van der Waals surface area (Å²) in [6.45, 7) is 1.46. The number of rotatable bonds is 6. The smallest absolute Gasteiger partial charge is 0.243 e. The van der Waals surface area contributed by atoms with Crippen molar-refractivity contribution in [2.24, 2.45) is 0 Å². The second kappa shape index (κ2) is 9.98. The lowest BCUT2D eigenvalue weighted by molar-refractivity contribution is -0.119. The molecular formula is C20H23N3O5S2. The van der Waals surface area contributed by atoms with Gasteiger partial charge in [0.2, 0.25) is 15.9 Å². The standard InChI is InChI=1S/C20H23N3O5S2/c1-27-17-6-2-15(3-7-17)14-19(24)22-20(29)21-16-4-8-18(9-5-16)30(25,26)23-10-12-28-13-11-23/h2-9H,10-14H2,1H3,(H2,21,22,24,29). The molecule has 0 aromatic heterocycles. The van der Waals surface area contributed by atoms with Gasteiger partial charge >= 0.3 is 0 Å². The van der Waals surface area contributed by atoms with Gasteiger partial charge in [0.05, 0.1) is 31.6 Å². The van der Waals surface area contributed by atoms with Crippen molar-refractivity contribution in [2.75, 3.05) is 38.7 Å². The van der Waals surface area contributed by atoms with Crippen molar-refractivity contribution in [3.63, 3.8) is 0 Å². The summed E-state index contributed by atoms with van der Waals surface area (Å²) in [6.07, 6.45) is 0.169. The number of carbonyl (C=O) groups excluding carboxylic acids is 1. The zero-order chi connectivity index (χ0) is 21.6. The van der Waals surface area contributed by atoms with E-state index in [2.05, 4.69) is 10.6 Å². The van der Waals surface area contributed by atoms with Gasteiger partial charge in [0.25, 0.3) is 0 Å². The second-order valence-corrected chi connectivity index (χ2v) is 8.91. The van der Waals surface area contributed by atoms with E-state index in [1.54, 1.807) is 31.4 Å². The van der Waals surface area contributed by atoms with E-state index >= 15 is 0 Å². The van der Waals surface area contributed by atoms with E-state index in [9.17, 15) is 13.2 Å². The van der Waals surface area contributed by atoms with Crippen molar-refractivity contribution in [3.05, 3.63) is 54.1 Å². The number of hydrogen-bond acceptors (Lipinski definition) is 6. The van der Waals surface area contributed by atoms with Gasteiger partial charge in [0.15, 0.2) is 5.11 Å². The maximum absolute atomic E-state index is 12.6. The largest absolute Gasteiger partial charge is 0.497 e. The zero-order valence-electron chi connectivity index (χ0n) is 16.5. The van der Waals surface area contributed by atoms with Crippen LogP contribution in [0.4, 0.5) is 5.69 Å². The molecule has 1 amide bonds. The van der Waals surface area contributed by atoms with Gasteiger partial charge in [0.1, 0.15) is 5.75 Å². The van der Waals surface area contributed by atoms with Gasteiger partial charge in [-0.1, -0.05) is 12.1 Å². The Hall–Kier alpha value is -2.53. The lowest BCUT2D eigenvalue weighted by atomic mass is 10.1. The molecule has 0 aliphatic carbocycles. The molecule has 0 unspecified atom stereocenters. The van der Waals surface area contributed by atoms with E-state index in [0.717, 1.165) is 11.3 Å². The summed E-state index contributed by atoms with van der Waals surface area (Å²) in [7, 11) is -1.97. The molecule has 1 aliphatic rings. The van der Waals surface area contributed by atoms with Crippen molar-refractivity contribution in [2.45, 2.75) is 11.3 Å². The number of ether oxygens (including phenoxy) is 2. The Morgan fingerprint density at radius 2 is 1.73 bits per heavy atom. The summed E-state index contributed by atoms with van der Waals surface area (Å²) >= 11 is 5.17. The van der Waals surface area contributed by atoms with Crippen molar-refractivity contribution in [1.82, 2.24) is 9.62 Å². The molecule has 8 nitrogen and oxygen atoms in total. The van der Waals surface area contributed by atoms with Crippen LogP contribution in [0.2, 0.25) is 0 Å². The van der Waals surface area contributed by atoms with Gasteiger partial charge < -0.3 is 20.1 Å². The Balaban J connectivity index is 1.54. The van der Waals surface area contributed by atoms with Gasteiger partial charge in [-0.25, -0.2) is 8.42 Å². The molecule has 10 heteroatoms. The molecule has 160 valence electrons. The van der Waals surface area contributed by atoms with Crippen LogP contribution in [-0.4, -0.2) is 57.2 Å². The summed E-state index contributed by atoms with van der Waals surface area (Å²) in [5.74, 6) is 0.458. The highest BCUT2D eigenvalue weighted by atomic mass is 32.2. The quantitative estimate of drug-likeness (QED) is 0.649.